The quantitative estimate of drug-likeness (QED) is 0.599. The van der Waals surface area contributed by atoms with Crippen LogP contribution in [0.3, 0.4) is 0 Å². The smallest absolute Gasteiger partial charge is 0.271 e. The van der Waals surface area contributed by atoms with Crippen molar-refractivity contribution >= 4 is 62.9 Å². The number of thiophene rings is 1. The molecule has 2 aromatic carbocycles. The summed E-state index contributed by atoms with van der Waals surface area (Å²) in [6.45, 7) is 1.61. The van der Waals surface area contributed by atoms with Crippen molar-refractivity contribution in [2.24, 2.45) is 0 Å². The Kier molecular flexibility index (Phi) is 5.70. The molecule has 0 aliphatic carbocycles. The van der Waals surface area contributed by atoms with Crippen LogP contribution in [-0.4, -0.2) is 34.8 Å². The van der Waals surface area contributed by atoms with E-state index in [0.29, 0.717) is 19.9 Å². The van der Waals surface area contributed by atoms with Gasteiger partial charge in [0.25, 0.3) is 10.0 Å². The highest BCUT2D eigenvalue weighted by atomic mass is 35.5. The van der Waals surface area contributed by atoms with E-state index in [1.807, 2.05) is 26.0 Å². The lowest BCUT2D eigenvalue weighted by Gasteiger charge is -2.33. The summed E-state index contributed by atoms with van der Waals surface area (Å²) in [5.41, 5.74) is 3.84. The van der Waals surface area contributed by atoms with E-state index in [0.717, 1.165) is 34.6 Å². The first-order valence-electron chi connectivity index (χ1n) is 9.08. The molecule has 0 saturated carbocycles. The van der Waals surface area contributed by atoms with Crippen LogP contribution in [0.15, 0.2) is 52.7 Å². The number of likely N-dealkylation sites (N-methyl/N-ethyl adjacent to an activating group) is 1. The highest BCUT2D eigenvalue weighted by Crippen LogP contribution is 2.38. The average Bonchev–Trinajstić information content (AvgIpc) is 3.10. The van der Waals surface area contributed by atoms with Crippen LogP contribution >= 0.6 is 34.5 Å². The van der Waals surface area contributed by atoms with E-state index >= 15 is 0 Å². The van der Waals surface area contributed by atoms with E-state index in [1.165, 1.54) is 11.3 Å². The van der Waals surface area contributed by atoms with Crippen LogP contribution in [0.1, 0.15) is 22.6 Å². The molecule has 1 aliphatic heterocycles. The van der Waals surface area contributed by atoms with Gasteiger partial charge in [-0.1, -0.05) is 41.4 Å². The first-order valence-corrected chi connectivity index (χ1v) is 12.1. The third-order valence-corrected chi connectivity index (χ3v) is 8.47. The van der Waals surface area contributed by atoms with Gasteiger partial charge in [-0.2, -0.15) is 0 Å². The number of sulfonamides is 1. The molecule has 1 aromatic heterocycles. The lowest BCUT2D eigenvalue weighted by molar-refractivity contribution is 0.295. The Morgan fingerprint density at radius 1 is 1.14 bits per heavy atom. The molecule has 2 heterocycles. The number of nitrogens with one attached hydrogen (secondary N) is 1. The van der Waals surface area contributed by atoms with Crippen molar-refractivity contribution < 1.29 is 8.42 Å². The van der Waals surface area contributed by atoms with Gasteiger partial charge in [-0.15, -0.1) is 11.3 Å². The summed E-state index contributed by atoms with van der Waals surface area (Å²) in [4.78, 5) is 2.22. The van der Waals surface area contributed by atoms with Crippen molar-refractivity contribution in [3.63, 3.8) is 0 Å². The Morgan fingerprint density at radius 2 is 1.86 bits per heavy atom. The van der Waals surface area contributed by atoms with Crippen LogP contribution in [0, 0.1) is 0 Å². The molecule has 150 valence electrons. The normalized spacial score (nSPS) is 17.1. The van der Waals surface area contributed by atoms with Gasteiger partial charge < -0.3 is 4.90 Å². The molecule has 1 unspecified atom stereocenters. The summed E-state index contributed by atoms with van der Waals surface area (Å²) in [7, 11) is 0.373. The van der Waals surface area contributed by atoms with E-state index in [1.54, 1.807) is 30.3 Å². The van der Waals surface area contributed by atoms with Crippen LogP contribution < -0.4 is 9.50 Å². The molecule has 9 heteroatoms. The minimum absolute atomic E-state index is 0.116. The number of halogens is 2. The van der Waals surface area contributed by atoms with E-state index in [9.17, 15) is 8.42 Å². The van der Waals surface area contributed by atoms with Crippen molar-refractivity contribution in [1.82, 2.24) is 4.90 Å². The second-order valence-corrected chi connectivity index (χ2v) is 11.3. The maximum Gasteiger partial charge on any atom is 0.271 e. The predicted octanol–water partition coefficient (Wildman–Crippen LogP) is 3.69. The predicted molar refractivity (Wildman–Crippen MR) is 124 cm³/mol. The fourth-order valence-electron chi connectivity index (χ4n) is 3.68. The Morgan fingerprint density at radius 3 is 2.52 bits per heavy atom. The Hall–Kier alpha value is -1.51. The van der Waals surface area contributed by atoms with Crippen LogP contribution in [0.4, 0.5) is 5.69 Å². The topological polar surface area (TPSA) is 49.4 Å². The summed E-state index contributed by atoms with van der Waals surface area (Å²) in [5, 5.41) is 1.30. The molecule has 29 heavy (non-hydrogen) atoms. The van der Waals surface area contributed by atoms with Crippen molar-refractivity contribution in [3.8, 4) is 0 Å². The fraction of sp³-hybridized carbons (Fsp3) is 0.200. The molecule has 3 aromatic rings. The van der Waals surface area contributed by atoms with Crippen molar-refractivity contribution in [2.75, 3.05) is 18.3 Å². The molecule has 0 amide bonds. The van der Waals surface area contributed by atoms with E-state index in [4.69, 9.17) is 23.2 Å². The lowest BCUT2D eigenvalue weighted by Crippen LogP contribution is -2.31. The number of nitrogens with zero attached hydrogens (tertiary/aromatic N) is 1. The number of fused-ring (bicyclic) bond motifs is 1. The lowest BCUT2D eigenvalue weighted by atomic mass is 9.85. The van der Waals surface area contributed by atoms with Gasteiger partial charge in [-0.25, -0.2) is 8.42 Å². The second-order valence-electron chi connectivity index (χ2n) is 7.30. The Labute approximate surface area is 185 Å². The van der Waals surface area contributed by atoms with Gasteiger partial charge in [0.15, 0.2) is 7.85 Å². The number of anilines is 1. The van der Waals surface area contributed by atoms with Crippen molar-refractivity contribution in [3.05, 3.63) is 75.3 Å². The molecule has 1 aliphatic rings. The van der Waals surface area contributed by atoms with Crippen LogP contribution in [0.25, 0.3) is 0 Å². The third-order valence-electron chi connectivity index (χ3n) is 5.04. The molecule has 0 radical (unpaired) electrons. The molecule has 0 fully saturated rings. The number of hydrogen-bond acceptors (Lipinski definition) is 4. The molecule has 4 rings (SSSR count). The first-order chi connectivity index (χ1) is 13.7. The highest BCUT2D eigenvalue weighted by Gasteiger charge is 2.27. The maximum atomic E-state index is 12.5. The zero-order valence-electron chi connectivity index (χ0n) is 15.9. The summed E-state index contributed by atoms with van der Waals surface area (Å²) in [6, 6.07) is 14.7. The molecular weight excluding hydrogens is 446 g/mol. The molecule has 0 spiro atoms. The molecule has 1 atom stereocenters. The van der Waals surface area contributed by atoms with Gasteiger partial charge >= 0.3 is 0 Å². The Balaban J connectivity index is 1.62. The summed E-state index contributed by atoms with van der Waals surface area (Å²) < 4.78 is 29.0. The number of hydrogen-bond donors (Lipinski definition) is 1. The van der Waals surface area contributed by atoms with Crippen molar-refractivity contribution in [1.29, 1.82) is 0 Å². The standard InChI is InChI=1S/C20H19BCl2N2O2S2/c1-25-10-16(15-8-13(22)9-18(23)17(15)11-25)12-2-4-14(5-3-12)24-29(26,27)20-7-6-19(21)28-20/h2-9,16,24H,10-11,21H2,1H3. The maximum absolute atomic E-state index is 12.5. The minimum atomic E-state index is -3.57. The summed E-state index contributed by atoms with van der Waals surface area (Å²) in [6.07, 6.45) is 0. The van der Waals surface area contributed by atoms with E-state index in [-0.39, 0.29) is 5.92 Å². The monoisotopic (exact) mass is 464 g/mol. The van der Waals surface area contributed by atoms with Gasteiger partial charge in [0.1, 0.15) is 4.21 Å². The minimum Gasteiger partial charge on any atom is -0.301 e. The highest BCUT2D eigenvalue weighted by molar-refractivity contribution is 7.94. The van der Waals surface area contributed by atoms with E-state index in [2.05, 4.69) is 16.7 Å². The molecule has 1 N–H and O–H groups in total. The van der Waals surface area contributed by atoms with Crippen LogP contribution in [-0.2, 0) is 16.6 Å². The SMILES string of the molecule is Bc1ccc(S(=O)(=O)Nc2ccc(C3CN(C)Cc4c(Cl)cc(Cl)cc43)cc2)s1. The molecule has 4 nitrogen and oxygen atoms in total. The summed E-state index contributed by atoms with van der Waals surface area (Å²) >= 11 is 13.9. The van der Waals surface area contributed by atoms with Gasteiger partial charge in [0, 0.05) is 34.7 Å². The van der Waals surface area contributed by atoms with Crippen LogP contribution in [0.5, 0.6) is 0 Å². The molecular formula is C20H19BCl2N2O2S2. The summed E-state index contributed by atoms with van der Waals surface area (Å²) in [5.74, 6) is 0.116. The van der Waals surface area contributed by atoms with Crippen LogP contribution in [0.2, 0.25) is 10.0 Å². The molecule has 0 bridgehead atoms. The zero-order chi connectivity index (χ0) is 20.8. The number of benzene rings is 2. The Bertz CT molecular complexity index is 1160. The van der Waals surface area contributed by atoms with Gasteiger partial charge in [0.05, 0.1) is 0 Å². The van der Waals surface area contributed by atoms with Gasteiger partial charge in [-0.3, -0.25) is 4.72 Å². The third kappa shape index (κ3) is 4.34. The van der Waals surface area contributed by atoms with E-state index < -0.39 is 10.0 Å². The fourth-order valence-corrected chi connectivity index (χ4v) is 6.59. The molecule has 0 saturated heterocycles. The number of rotatable bonds is 4. The zero-order valence-corrected chi connectivity index (χ0v) is 19.1. The first kappa shape index (κ1) is 20.8. The van der Waals surface area contributed by atoms with Gasteiger partial charge in [0.2, 0.25) is 0 Å². The van der Waals surface area contributed by atoms with Crippen molar-refractivity contribution in [2.45, 2.75) is 16.7 Å². The second kappa shape index (κ2) is 7.97. The largest absolute Gasteiger partial charge is 0.301 e. The van der Waals surface area contributed by atoms with Gasteiger partial charge in [-0.05, 0) is 58.8 Å². The average molecular weight is 465 g/mol.